The quantitative estimate of drug-likeness (QED) is 0.117. The van der Waals surface area contributed by atoms with Crippen molar-refractivity contribution >= 4 is 28.8 Å². The number of ether oxygens (including phenoxy) is 3. The van der Waals surface area contributed by atoms with Gasteiger partial charge < -0.3 is 19.3 Å². The second-order valence-electron chi connectivity index (χ2n) is 14.0. The van der Waals surface area contributed by atoms with Crippen molar-refractivity contribution in [1.29, 1.82) is 0 Å². The minimum atomic E-state index is -0.858. The number of carbonyl (C=O) groups excluding carboxylic acids is 1. The third kappa shape index (κ3) is 8.28. The number of hydrogen-bond acceptors (Lipinski definition) is 7. The van der Waals surface area contributed by atoms with Gasteiger partial charge in [-0.15, -0.1) is 0 Å². The number of aromatic nitrogens is 3. The molecule has 1 fully saturated rings. The lowest BCUT2D eigenvalue weighted by Gasteiger charge is -2.23. The Morgan fingerprint density at radius 1 is 0.719 bits per heavy atom. The third-order valence-electron chi connectivity index (χ3n) is 10.2. The minimum Gasteiger partial charge on any atom is -0.481 e. The monoisotopic (exact) mass is 760 g/mol. The molecule has 2 aromatic heterocycles. The van der Waals surface area contributed by atoms with Crippen molar-refractivity contribution in [1.82, 2.24) is 14.1 Å². The number of carboxylic acids is 1. The summed E-state index contributed by atoms with van der Waals surface area (Å²) in [5.41, 5.74) is 6.68. The average molecular weight is 761 g/mol. The largest absolute Gasteiger partial charge is 0.481 e. The zero-order valence-corrected chi connectivity index (χ0v) is 31.2. The predicted molar refractivity (Wildman–Crippen MR) is 217 cm³/mol. The number of imidazole rings is 1. The zero-order chi connectivity index (χ0) is 39.3. The molecule has 2 unspecified atom stereocenters. The van der Waals surface area contributed by atoms with Crippen LogP contribution in [-0.2, 0) is 36.4 Å². The summed E-state index contributed by atoms with van der Waals surface area (Å²) in [6, 6.07) is 45.7. The minimum absolute atomic E-state index is 0.0998. The maximum absolute atomic E-state index is 14.0. The third-order valence-corrected chi connectivity index (χ3v) is 10.2. The summed E-state index contributed by atoms with van der Waals surface area (Å²) in [4.78, 5) is 45.2. The average Bonchev–Trinajstić information content (AvgIpc) is 4.00. The maximum Gasteiger partial charge on any atom is 0.414 e. The highest BCUT2D eigenvalue weighted by molar-refractivity contribution is 5.89. The molecule has 2 atom stereocenters. The van der Waals surface area contributed by atoms with E-state index in [2.05, 4.69) is 0 Å². The smallest absolute Gasteiger partial charge is 0.414 e. The van der Waals surface area contributed by atoms with Crippen LogP contribution in [0.25, 0.3) is 27.8 Å². The van der Waals surface area contributed by atoms with Gasteiger partial charge in [-0.1, -0.05) is 109 Å². The number of fused-ring (bicyclic) bond motifs is 1. The normalized spacial score (nSPS) is 14.5. The summed E-state index contributed by atoms with van der Waals surface area (Å²) in [5, 5.41) is 9.51. The van der Waals surface area contributed by atoms with Gasteiger partial charge in [-0.05, 0) is 70.5 Å². The molecule has 0 radical (unpaired) electrons. The van der Waals surface area contributed by atoms with E-state index in [0.717, 1.165) is 27.8 Å². The van der Waals surface area contributed by atoms with Crippen molar-refractivity contribution in [3.63, 3.8) is 0 Å². The van der Waals surface area contributed by atoms with E-state index < -0.39 is 18.0 Å². The molecule has 0 bridgehead atoms. The number of carbonyl (C=O) groups is 2. The van der Waals surface area contributed by atoms with Crippen LogP contribution in [0.4, 0.5) is 10.5 Å². The molecule has 8 rings (SSSR count). The van der Waals surface area contributed by atoms with Crippen LogP contribution in [0.1, 0.15) is 23.1 Å². The maximum atomic E-state index is 14.0. The van der Waals surface area contributed by atoms with Gasteiger partial charge in [0, 0.05) is 25.3 Å². The number of anilines is 1. The van der Waals surface area contributed by atoms with Crippen molar-refractivity contribution in [2.45, 2.75) is 26.2 Å². The van der Waals surface area contributed by atoms with Crippen LogP contribution in [0.2, 0.25) is 0 Å². The van der Waals surface area contributed by atoms with Gasteiger partial charge in [-0.3, -0.25) is 18.8 Å². The zero-order valence-electron chi connectivity index (χ0n) is 31.2. The van der Waals surface area contributed by atoms with Crippen LogP contribution >= 0.6 is 0 Å². The molecule has 0 spiro atoms. The molecule has 7 aromatic rings. The Balaban J connectivity index is 1.07. The lowest BCUT2D eigenvalue weighted by atomic mass is 10.0. The molecular formula is C46H40N4O7. The van der Waals surface area contributed by atoms with Gasteiger partial charge in [-0.2, -0.15) is 4.98 Å². The van der Waals surface area contributed by atoms with Crippen LogP contribution in [0.3, 0.4) is 0 Å². The highest BCUT2D eigenvalue weighted by atomic mass is 16.6. The Labute approximate surface area is 328 Å². The van der Waals surface area contributed by atoms with Crippen molar-refractivity contribution in [2.75, 3.05) is 11.4 Å². The standard InChI is InChI=1S/C46H40N4O7/c1-48-41-26-35(34-17-20-37(21-18-34)49(27-36-25-38(36)44(51)52)46(54)57-30-33-15-9-4-10-16-33)19-22-39(41)50(45(48)53)40-23-24-42(55-28-31-11-5-2-6-12-31)47-43(40)56-29-32-13-7-3-8-14-32/h2-24,26,36,38H,25,27-30H2,1H3,(H,51,52). The van der Waals surface area contributed by atoms with Crippen LogP contribution in [-0.4, -0.2) is 37.8 Å². The van der Waals surface area contributed by atoms with Crippen molar-refractivity contribution in [3.05, 3.63) is 173 Å². The molecule has 1 N–H and O–H groups in total. The number of rotatable bonds is 14. The highest BCUT2D eigenvalue weighted by Crippen LogP contribution is 2.40. The van der Waals surface area contributed by atoms with Crippen molar-refractivity contribution in [3.8, 4) is 28.6 Å². The fraction of sp³-hybridized carbons (Fsp3) is 0.174. The number of aryl methyl sites for hydroxylation is 1. The summed E-state index contributed by atoms with van der Waals surface area (Å²) in [7, 11) is 1.73. The second-order valence-corrected chi connectivity index (χ2v) is 14.0. The predicted octanol–water partition coefficient (Wildman–Crippen LogP) is 8.41. The number of nitrogens with zero attached hydrogens (tertiary/aromatic N) is 4. The summed E-state index contributed by atoms with van der Waals surface area (Å²) in [6.07, 6.45) is -0.0326. The number of pyridine rings is 1. The molecule has 1 saturated carbocycles. The van der Waals surface area contributed by atoms with Crippen LogP contribution in [0.15, 0.2) is 150 Å². The molecular weight excluding hydrogens is 721 g/mol. The molecule has 57 heavy (non-hydrogen) atoms. The molecule has 11 nitrogen and oxygen atoms in total. The fourth-order valence-electron chi connectivity index (χ4n) is 6.88. The van der Waals surface area contributed by atoms with Crippen LogP contribution in [0, 0.1) is 11.8 Å². The summed E-state index contributed by atoms with van der Waals surface area (Å²) in [5.74, 6) is -0.870. The first-order chi connectivity index (χ1) is 27.8. The van der Waals surface area contributed by atoms with Gasteiger partial charge in [0.15, 0.2) is 0 Å². The summed E-state index contributed by atoms with van der Waals surface area (Å²) >= 11 is 0. The van der Waals surface area contributed by atoms with Gasteiger partial charge in [-0.25, -0.2) is 9.59 Å². The molecule has 286 valence electrons. The van der Waals surface area contributed by atoms with Gasteiger partial charge in [0.05, 0.1) is 17.0 Å². The molecule has 1 aliphatic rings. The van der Waals surface area contributed by atoms with Gasteiger partial charge >= 0.3 is 17.8 Å². The van der Waals surface area contributed by atoms with E-state index in [0.29, 0.717) is 41.3 Å². The van der Waals surface area contributed by atoms with E-state index in [1.54, 1.807) is 28.3 Å². The Bertz CT molecular complexity index is 2570. The van der Waals surface area contributed by atoms with E-state index in [9.17, 15) is 19.5 Å². The number of hydrogen-bond donors (Lipinski definition) is 1. The SMILES string of the molecule is Cn1c(=O)n(-c2ccc(OCc3ccccc3)nc2OCc2ccccc2)c2ccc(-c3ccc(N(CC4CC4C(=O)O)C(=O)OCc4ccccc4)cc3)cc21. The summed E-state index contributed by atoms with van der Waals surface area (Å²) in [6.45, 7) is 0.900. The second kappa shape index (κ2) is 16.3. The molecule has 1 amide bonds. The topological polar surface area (TPSA) is 125 Å². The van der Waals surface area contributed by atoms with E-state index in [4.69, 9.17) is 19.2 Å². The van der Waals surface area contributed by atoms with Gasteiger partial charge in [0.2, 0.25) is 11.8 Å². The van der Waals surface area contributed by atoms with Crippen LogP contribution < -0.4 is 20.1 Å². The van der Waals surface area contributed by atoms with Gasteiger partial charge in [0.1, 0.15) is 25.5 Å². The number of carboxylic acid groups (broad SMARTS) is 1. The molecule has 11 heteroatoms. The molecule has 1 aliphatic carbocycles. The lowest BCUT2D eigenvalue weighted by Crippen LogP contribution is -2.34. The van der Waals surface area contributed by atoms with E-state index in [1.165, 1.54) is 4.90 Å². The fourth-order valence-corrected chi connectivity index (χ4v) is 6.88. The highest BCUT2D eigenvalue weighted by Gasteiger charge is 2.45. The molecule has 0 aliphatic heterocycles. The van der Waals surface area contributed by atoms with Crippen molar-refractivity contribution < 1.29 is 28.9 Å². The first kappa shape index (κ1) is 36.8. The Morgan fingerprint density at radius 2 is 1.32 bits per heavy atom. The molecule has 5 aromatic carbocycles. The number of aliphatic carboxylic acids is 1. The number of amides is 1. The molecule has 2 heterocycles. The summed E-state index contributed by atoms with van der Waals surface area (Å²) < 4.78 is 21.2. The van der Waals surface area contributed by atoms with Crippen LogP contribution in [0.5, 0.6) is 11.8 Å². The first-order valence-electron chi connectivity index (χ1n) is 18.7. The van der Waals surface area contributed by atoms with Crippen molar-refractivity contribution in [2.24, 2.45) is 18.9 Å². The Hall–Kier alpha value is -7.14. The Morgan fingerprint density at radius 3 is 1.93 bits per heavy atom. The van der Waals surface area contributed by atoms with E-state index in [1.807, 2.05) is 133 Å². The molecule has 0 saturated heterocycles. The number of benzene rings is 5. The Kier molecular flexibility index (Phi) is 10.5. The van der Waals surface area contributed by atoms with Gasteiger partial charge in [0.25, 0.3) is 0 Å². The van der Waals surface area contributed by atoms with E-state index in [-0.39, 0.29) is 37.2 Å². The van der Waals surface area contributed by atoms with E-state index >= 15 is 0 Å². The lowest BCUT2D eigenvalue weighted by molar-refractivity contribution is -0.138. The first-order valence-corrected chi connectivity index (χ1v) is 18.7.